The average molecular weight is 361 g/mol. The Labute approximate surface area is 145 Å². The van der Waals surface area contributed by atoms with Gasteiger partial charge in [0.15, 0.2) is 0 Å². The summed E-state index contributed by atoms with van der Waals surface area (Å²) in [7, 11) is -1.71. The van der Waals surface area contributed by atoms with E-state index >= 15 is 0 Å². The molecule has 10 heteroatoms. The van der Waals surface area contributed by atoms with E-state index in [1.54, 1.807) is 29.2 Å². The van der Waals surface area contributed by atoms with Crippen LogP contribution in [-0.4, -0.2) is 39.5 Å². The van der Waals surface area contributed by atoms with Gasteiger partial charge in [0, 0.05) is 32.1 Å². The van der Waals surface area contributed by atoms with E-state index in [0.717, 1.165) is 12.1 Å². The Morgan fingerprint density at radius 1 is 1.20 bits per heavy atom. The van der Waals surface area contributed by atoms with Crippen molar-refractivity contribution in [2.24, 2.45) is 7.05 Å². The van der Waals surface area contributed by atoms with E-state index in [4.69, 9.17) is 0 Å². The number of aryl methyl sites for hydroxylation is 1. The van der Waals surface area contributed by atoms with Crippen LogP contribution in [0.4, 0.5) is 11.5 Å². The molecule has 0 atom stereocenters. The highest BCUT2D eigenvalue weighted by molar-refractivity contribution is 7.89. The normalized spacial score (nSPS) is 11.6. The Bertz CT molecular complexity index is 962. The molecule has 0 aliphatic rings. The summed E-state index contributed by atoms with van der Waals surface area (Å²) >= 11 is 0. The van der Waals surface area contributed by atoms with Crippen LogP contribution < -0.4 is 10.0 Å². The van der Waals surface area contributed by atoms with Gasteiger partial charge >= 0.3 is 0 Å². The summed E-state index contributed by atoms with van der Waals surface area (Å²) in [4.78, 5) is 4.37. The van der Waals surface area contributed by atoms with E-state index in [-0.39, 0.29) is 4.90 Å². The van der Waals surface area contributed by atoms with E-state index < -0.39 is 10.0 Å². The molecule has 2 N–H and O–H groups in total. The standard InChI is InChI=1S/C15H19N7O2S/c1-3-5-19-25(23,24)14-9-18-22(11-14)13-4-6-16-15(7-13)20-12-8-17-21(2)10-12/h4,6-11,19H,3,5H2,1-2H3,(H,16,20). The Balaban J connectivity index is 1.82. The van der Waals surface area contributed by atoms with Crippen LogP contribution in [0.2, 0.25) is 0 Å². The number of nitrogens with zero attached hydrogens (tertiary/aromatic N) is 5. The molecule has 0 saturated carbocycles. The van der Waals surface area contributed by atoms with Gasteiger partial charge in [-0.1, -0.05) is 6.92 Å². The molecule has 3 aromatic heterocycles. The highest BCUT2D eigenvalue weighted by Gasteiger charge is 2.16. The number of pyridine rings is 1. The molecule has 0 fully saturated rings. The van der Waals surface area contributed by atoms with Crippen molar-refractivity contribution in [1.82, 2.24) is 29.3 Å². The number of nitrogens with one attached hydrogen (secondary N) is 2. The lowest BCUT2D eigenvalue weighted by Crippen LogP contribution is -2.23. The molecule has 0 spiro atoms. The zero-order valence-corrected chi connectivity index (χ0v) is 14.7. The lowest BCUT2D eigenvalue weighted by atomic mass is 10.4. The molecule has 3 heterocycles. The number of hydrogen-bond donors (Lipinski definition) is 2. The van der Waals surface area contributed by atoms with Gasteiger partial charge in [0.05, 0.1) is 30.0 Å². The van der Waals surface area contributed by atoms with E-state index in [9.17, 15) is 8.42 Å². The van der Waals surface area contributed by atoms with Crippen molar-refractivity contribution >= 4 is 21.5 Å². The third-order valence-electron chi connectivity index (χ3n) is 3.40. The maximum Gasteiger partial charge on any atom is 0.243 e. The SMILES string of the molecule is CCCNS(=O)(=O)c1cnn(-c2ccnc(Nc3cnn(C)c3)c2)c1. The summed E-state index contributed by atoms with van der Waals surface area (Å²) in [5.41, 5.74) is 1.50. The van der Waals surface area contributed by atoms with Gasteiger partial charge in [-0.15, -0.1) is 0 Å². The van der Waals surface area contributed by atoms with Crippen LogP contribution in [0, 0.1) is 0 Å². The van der Waals surface area contributed by atoms with Gasteiger partial charge in [0.1, 0.15) is 10.7 Å². The lowest BCUT2D eigenvalue weighted by molar-refractivity contribution is 0.581. The molecule has 9 nitrogen and oxygen atoms in total. The molecule has 0 amide bonds. The number of anilines is 2. The van der Waals surface area contributed by atoms with Crippen molar-refractivity contribution in [3.63, 3.8) is 0 Å². The van der Waals surface area contributed by atoms with Gasteiger partial charge in [-0.3, -0.25) is 4.68 Å². The van der Waals surface area contributed by atoms with Crippen LogP contribution in [0.3, 0.4) is 0 Å². The minimum Gasteiger partial charge on any atom is -0.338 e. The summed E-state index contributed by atoms with van der Waals surface area (Å²) in [6.07, 6.45) is 8.66. The lowest BCUT2D eigenvalue weighted by Gasteiger charge is -2.06. The van der Waals surface area contributed by atoms with E-state index in [1.807, 2.05) is 20.2 Å². The molecule has 0 saturated heterocycles. The molecular formula is C15H19N7O2S. The summed E-state index contributed by atoms with van der Waals surface area (Å²) < 4.78 is 30.0. The highest BCUT2D eigenvalue weighted by Crippen LogP contribution is 2.17. The zero-order valence-electron chi connectivity index (χ0n) is 13.9. The molecule has 25 heavy (non-hydrogen) atoms. The van der Waals surface area contributed by atoms with Crippen LogP contribution in [0.1, 0.15) is 13.3 Å². The number of sulfonamides is 1. The van der Waals surface area contributed by atoms with Crippen molar-refractivity contribution in [2.75, 3.05) is 11.9 Å². The van der Waals surface area contributed by atoms with Crippen LogP contribution in [0.25, 0.3) is 5.69 Å². The molecule has 0 aliphatic heterocycles. The Morgan fingerprint density at radius 3 is 2.76 bits per heavy atom. The van der Waals surface area contributed by atoms with E-state index in [1.165, 1.54) is 17.1 Å². The quantitative estimate of drug-likeness (QED) is 0.659. The number of aromatic nitrogens is 5. The van der Waals surface area contributed by atoms with Crippen molar-refractivity contribution in [2.45, 2.75) is 18.2 Å². The van der Waals surface area contributed by atoms with Gasteiger partial charge in [-0.2, -0.15) is 10.2 Å². The first kappa shape index (κ1) is 17.1. The second-order valence-corrected chi connectivity index (χ2v) is 7.21. The molecule has 0 aromatic carbocycles. The van der Waals surface area contributed by atoms with Crippen molar-refractivity contribution in [3.05, 3.63) is 43.1 Å². The highest BCUT2D eigenvalue weighted by atomic mass is 32.2. The van der Waals surface area contributed by atoms with Gasteiger partial charge in [-0.05, 0) is 12.5 Å². The van der Waals surface area contributed by atoms with Gasteiger partial charge in [-0.25, -0.2) is 22.8 Å². The smallest absolute Gasteiger partial charge is 0.243 e. The fraction of sp³-hybridized carbons (Fsp3) is 0.267. The first-order valence-corrected chi connectivity index (χ1v) is 9.22. The Kier molecular flexibility index (Phi) is 4.81. The minimum atomic E-state index is -3.54. The average Bonchev–Trinajstić information content (AvgIpc) is 3.23. The maximum absolute atomic E-state index is 12.1. The predicted molar refractivity (Wildman–Crippen MR) is 93.3 cm³/mol. The van der Waals surface area contributed by atoms with Crippen molar-refractivity contribution in [1.29, 1.82) is 0 Å². The Morgan fingerprint density at radius 2 is 2.04 bits per heavy atom. The van der Waals surface area contributed by atoms with Crippen LogP contribution >= 0.6 is 0 Å². The molecule has 0 radical (unpaired) electrons. The topological polar surface area (TPSA) is 107 Å². The summed E-state index contributed by atoms with van der Waals surface area (Å²) in [6, 6.07) is 3.52. The fourth-order valence-corrected chi connectivity index (χ4v) is 3.23. The summed E-state index contributed by atoms with van der Waals surface area (Å²) in [5.74, 6) is 0.606. The van der Waals surface area contributed by atoms with Crippen LogP contribution in [0.5, 0.6) is 0 Å². The maximum atomic E-state index is 12.1. The van der Waals surface area contributed by atoms with E-state index in [2.05, 4.69) is 25.2 Å². The van der Waals surface area contributed by atoms with Crippen molar-refractivity contribution < 1.29 is 8.42 Å². The summed E-state index contributed by atoms with van der Waals surface area (Å²) in [5, 5.41) is 11.4. The molecule has 0 bridgehead atoms. The fourth-order valence-electron chi connectivity index (χ4n) is 2.17. The predicted octanol–water partition coefficient (Wildman–Crippen LogP) is 1.43. The largest absolute Gasteiger partial charge is 0.338 e. The number of rotatable bonds is 7. The van der Waals surface area contributed by atoms with Crippen LogP contribution in [-0.2, 0) is 17.1 Å². The van der Waals surface area contributed by atoms with E-state index in [0.29, 0.717) is 18.1 Å². The van der Waals surface area contributed by atoms with Crippen LogP contribution in [0.15, 0.2) is 48.0 Å². The van der Waals surface area contributed by atoms with Gasteiger partial charge < -0.3 is 5.32 Å². The number of hydrogen-bond acceptors (Lipinski definition) is 6. The molecule has 0 aliphatic carbocycles. The molecule has 3 aromatic rings. The second kappa shape index (κ2) is 7.03. The molecule has 3 rings (SSSR count). The third kappa shape index (κ3) is 4.03. The molecule has 0 unspecified atom stereocenters. The van der Waals surface area contributed by atoms with Crippen molar-refractivity contribution in [3.8, 4) is 5.69 Å². The minimum absolute atomic E-state index is 0.125. The monoisotopic (exact) mass is 361 g/mol. The van der Waals surface area contributed by atoms with Gasteiger partial charge in [0.2, 0.25) is 10.0 Å². The summed E-state index contributed by atoms with van der Waals surface area (Å²) in [6.45, 7) is 2.29. The zero-order chi connectivity index (χ0) is 17.9. The van der Waals surface area contributed by atoms with Gasteiger partial charge in [0.25, 0.3) is 0 Å². The second-order valence-electron chi connectivity index (χ2n) is 5.45. The Hall–Kier alpha value is -2.72. The third-order valence-corrected chi connectivity index (χ3v) is 4.81. The first-order valence-electron chi connectivity index (χ1n) is 7.74. The first-order chi connectivity index (χ1) is 12.0. The molecule has 132 valence electrons. The molecular weight excluding hydrogens is 342 g/mol.